The molecule has 0 radical (unpaired) electrons. The topological polar surface area (TPSA) is 81.2 Å². The van der Waals surface area contributed by atoms with E-state index in [1.165, 1.54) is 6.39 Å². The number of aromatic nitrogens is 1. The largest absolute Gasteiger partial charge is 0.444 e. The van der Waals surface area contributed by atoms with Crippen LogP contribution in [0.5, 0.6) is 0 Å². The van der Waals surface area contributed by atoms with E-state index in [0.717, 1.165) is 11.3 Å². The second-order valence-corrected chi connectivity index (χ2v) is 4.82. The Morgan fingerprint density at radius 1 is 1.30 bits per heavy atom. The molecule has 0 aliphatic heterocycles. The van der Waals surface area contributed by atoms with Gasteiger partial charge in [-0.2, -0.15) is 0 Å². The highest BCUT2D eigenvalue weighted by atomic mass is 16.3. The Morgan fingerprint density at radius 2 is 2.10 bits per heavy atom. The smallest absolute Gasteiger partial charge is 0.231 e. The quantitative estimate of drug-likeness (QED) is 0.837. The van der Waals surface area contributed by atoms with Crippen molar-refractivity contribution in [2.24, 2.45) is 11.7 Å². The molecule has 5 nitrogen and oxygen atoms in total. The third-order valence-corrected chi connectivity index (χ3v) is 3.32. The van der Waals surface area contributed by atoms with Crippen LogP contribution in [0.15, 0.2) is 53.4 Å². The summed E-state index contributed by atoms with van der Waals surface area (Å²) in [5.74, 6) is 0.535. The van der Waals surface area contributed by atoms with E-state index in [9.17, 15) is 4.79 Å². The van der Waals surface area contributed by atoms with Gasteiger partial charge in [0.2, 0.25) is 5.91 Å². The summed E-state index contributed by atoms with van der Waals surface area (Å²) in [6, 6.07) is 7.43. The molecule has 1 heterocycles. The van der Waals surface area contributed by atoms with E-state index in [0.29, 0.717) is 12.2 Å². The van der Waals surface area contributed by atoms with Crippen LogP contribution in [0.4, 0.5) is 5.69 Å². The van der Waals surface area contributed by atoms with Crippen LogP contribution >= 0.6 is 0 Å². The first kappa shape index (κ1) is 12.6. The van der Waals surface area contributed by atoms with Crippen LogP contribution in [0.3, 0.4) is 0 Å². The van der Waals surface area contributed by atoms with Gasteiger partial charge < -0.3 is 15.5 Å². The van der Waals surface area contributed by atoms with E-state index in [1.54, 1.807) is 6.20 Å². The molecule has 0 saturated carbocycles. The molecule has 1 aliphatic rings. The molecule has 2 atom stereocenters. The molecule has 3 rings (SSSR count). The minimum Gasteiger partial charge on any atom is -0.444 e. The van der Waals surface area contributed by atoms with E-state index >= 15 is 0 Å². The van der Waals surface area contributed by atoms with Crippen LogP contribution in [0.1, 0.15) is 6.42 Å². The number of oxazole rings is 1. The summed E-state index contributed by atoms with van der Waals surface area (Å²) in [7, 11) is 0. The van der Waals surface area contributed by atoms with Crippen molar-refractivity contribution in [3.05, 3.63) is 49.0 Å². The van der Waals surface area contributed by atoms with Crippen LogP contribution in [0.25, 0.3) is 11.3 Å². The molecule has 3 N–H and O–H groups in total. The molecule has 5 heteroatoms. The summed E-state index contributed by atoms with van der Waals surface area (Å²) < 4.78 is 5.21. The van der Waals surface area contributed by atoms with Gasteiger partial charge in [-0.15, -0.1) is 0 Å². The highest BCUT2D eigenvalue weighted by Gasteiger charge is 2.22. The van der Waals surface area contributed by atoms with Gasteiger partial charge in [0, 0.05) is 17.3 Å². The molecule has 0 bridgehead atoms. The lowest BCUT2D eigenvalue weighted by Gasteiger charge is -2.10. The highest BCUT2D eigenvalue weighted by Crippen LogP contribution is 2.22. The number of benzene rings is 1. The number of rotatable bonds is 3. The molecule has 1 aromatic heterocycles. The van der Waals surface area contributed by atoms with Crippen molar-refractivity contribution in [2.45, 2.75) is 12.5 Å². The summed E-state index contributed by atoms with van der Waals surface area (Å²) in [4.78, 5) is 15.9. The van der Waals surface area contributed by atoms with Crippen molar-refractivity contribution in [2.75, 3.05) is 5.32 Å². The molecule has 0 saturated heterocycles. The zero-order chi connectivity index (χ0) is 13.9. The van der Waals surface area contributed by atoms with Crippen LogP contribution in [0, 0.1) is 5.92 Å². The van der Waals surface area contributed by atoms with Crippen molar-refractivity contribution in [3.63, 3.8) is 0 Å². The van der Waals surface area contributed by atoms with Gasteiger partial charge in [0.1, 0.15) is 0 Å². The molecule has 1 aromatic carbocycles. The molecule has 1 amide bonds. The van der Waals surface area contributed by atoms with Crippen LogP contribution in [0.2, 0.25) is 0 Å². The molecule has 0 spiro atoms. The fourth-order valence-electron chi connectivity index (χ4n) is 2.23. The van der Waals surface area contributed by atoms with Crippen molar-refractivity contribution in [1.29, 1.82) is 0 Å². The predicted octanol–water partition coefficient (Wildman–Crippen LogP) is 2.18. The van der Waals surface area contributed by atoms with Gasteiger partial charge in [-0.3, -0.25) is 4.79 Å². The second kappa shape index (κ2) is 5.30. The van der Waals surface area contributed by atoms with Gasteiger partial charge in [-0.1, -0.05) is 12.2 Å². The van der Waals surface area contributed by atoms with Crippen molar-refractivity contribution >= 4 is 11.6 Å². The van der Waals surface area contributed by atoms with E-state index in [2.05, 4.69) is 10.3 Å². The van der Waals surface area contributed by atoms with Gasteiger partial charge in [0.15, 0.2) is 12.2 Å². The lowest BCUT2D eigenvalue weighted by atomic mass is 10.1. The number of carbonyl (C=O) groups is 1. The fraction of sp³-hybridized carbons (Fsp3) is 0.200. The molecule has 2 unspecified atom stereocenters. The maximum atomic E-state index is 12.0. The zero-order valence-electron chi connectivity index (χ0n) is 10.8. The third-order valence-electron chi connectivity index (χ3n) is 3.32. The number of hydrogen-bond acceptors (Lipinski definition) is 4. The first-order valence-corrected chi connectivity index (χ1v) is 6.46. The molecule has 2 aromatic rings. The Kier molecular flexibility index (Phi) is 3.35. The summed E-state index contributed by atoms with van der Waals surface area (Å²) in [6.45, 7) is 0. The number of nitrogens with zero attached hydrogens (tertiary/aromatic N) is 1. The summed E-state index contributed by atoms with van der Waals surface area (Å²) in [5, 5.41) is 2.88. The maximum absolute atomic E-state index is 12.0. The first-order valence-electron chi connectivity index (χ1n) is 6.46. The Hall–Kier alpha value is -2.40. The number of carbonyl (C=O) groups excluding carboxylic acids is 1. The lowest BCUT2D eigenvalue weighted by molar-refractivity contribution is -0.118. The van der Waals surface area contributed by atoms with Crippen molar-refractivity contribution in [1.82, 2.24) is 4.98 Å². The minimum absolute atomic E-state index is 0.0143. The van der Waals surface area contributed by atoms with Gasteiger partial charge in [-0.25, -0.2) is 4.98 Å². The van der Waals surface area contributed by atoms with Gasteiger partial charge in [0.25, 0.3) is 0 Å². The highest BCUT2D eigenvalue weighted by molar-refractivity contribution is 5.94. The number of nitrogens with one attached hydrogen (secondary N) is 1. The van der Waals surface area contributed by atoms with E-state index in [-0.39, 0.29) is 17.9 Å². The Bertz CT molecular complexity index is 617. The van der Waals surface area contributed by atoms with Crippen molar-refractivity contribution < 1.29 is 9.21 Å². The number of amides is 1. The average Bonchev–Trinajstić information content (AvgIpc) is 3.10. The zero-order valence-corrected chi connectivity index (χ0v) is 10.8. The fourth-order valence-corrected chi connectivity index (χ4v) is 2.23. The summed E-state index contributed by atoms with van der Waals surface area (Å²) in [5.41, 5.74) is 7.42. The Morgan fingerprint density at radius 3 is 2.70 bits per heavy atom. The van der Waals surface area contributed by atoms with Crippen LogP contribution in [-0.2, 0) is 4.79 Å². The van der Waals surface area contributed by atoms with Crippen molar-refractivity contribution in [3.8, 4) is 11.3 Å². The number of anilines is 1. The average molecular weight is 269 g/mol. The third kappa shape index (κ3) is 2.62. The normalized spacial score (nSPS) is 21.1. The molecule has 0 fully saturated rings. The van der Waals surface area contributed by atoms with E-state index < -0.39 is 0 Å². The van der Waals surface area contributed by atoms with Gasteiger partial charge >= 0.3 is 0 Å². The monoisotopic (exact) mass is 269 g/mol. The standard InChI is InChI=1S/C15H15N3O2/c16-12-4-1-11(7-12)15(19)18-13-5-2-10(3-6-13)14-8-17-9-20-14/h1-6,8-9,11-12H,7,16H2,(H,18,19). The van der Waals surface area contributed by atoms with E-state index in [1.807, 2.05) is 36.4 Å². The van der Waals surface area contributed by atoms with Crippen LogP contribution in [-0.4, -0.2) is 16.9 Å². The SMILES string of the molecule is NC1C=CC(C(=O)Nc2ccc(-c3cnco3)cc2)C1. The molecule has 1 aliphatic carbocycles. The predicted molar refractivity (Wildman–Crippen MR) is 75.8 cm³/mol. The first-order chi connectivity index (χ1) is 9.72. The molecule has 102 valence electrons. The Labute approximate surface area is 116 Å². The lowest BCUT2D eigenvalue weighted by Crippen LogP contribution is -2.23. The maximum Gasteiger partial charge on any atom is 0.231 e. The van der Waals surface area contributed by atoms with E-state index in [4.69, 9.17) is 10.2 Å². The molecular formula is C15H15N3O2. The number of hydrogen-bond donors (Lipinski definition) is 2. The summed E-state index contributed by atoms with van der Waals surface area (Å²) in [6.07, 6.45) is 7.45. The number of nitrogens with two attached hydrogens (primary N) is 1. The molecular weight excluding hydrogens is 254 g/mol. The minimum atomic E-state index is -0.140. The summed E-state index contributed by atoms with van der Waals surface area (Å²) >= 11 is 0. The van der Waals surface area contributed by atoms with Crippen LogP contribution < -0.4 is 11.1 Å². The molecule has 20 heavy (non-hydrogen) atoms. The van der Waals surface area contributed by atoms with Gasteiger partial charge in [-0.05, 0) is 30.7 Å². The van der Waals surface area contributed by atoms with Gasteiger partial charge in [0.05, 0.1) is 12.1 Å². The second-order valence-electron chi connectivity index (χ2n) is 4.82. The Balaban J connectivity index is 1.66.